The van der Waals surface area contributed by atoms with E-state index in [9.17, 15) is 37.5 Å². The molecule has 18 heteroatoms. The Morgan fingerprint density at radius 3 is 2.16 bits per heavy atom. The molecular formula is C32H40N8O9S. The van der Waals surface area contributed by atoms with Crippen molar-refractivity contribution >= 4 is 39.5 Å². The Kier molecular flexibility index (Phi) is 14.7. The molecule has 2 aromatic carbocycles. The second-order valence-electron chi connectivity index (χ2n) is 11.6. The fourth-order valence-electron chi connectivity index (χ4n) is 4.53. The second-order valence-corrected chi connectivity index (χ2v) is 13.5. The van der Waals surface area contributed by atoms with Crippen molar-refractivity contribution in [1.29, 1.82) is 0 Å². The highest BCUT2D eigenvalue weighted by Gasteiger charge is 2.33. The molecule has 0 unspecified atom stereocenters. The maximum atomic E-state index is 13.8. The number of aromatic amines is 1. The number of aromatic nitrogens is 4. The number of nitrogens with one attached hydrogen (secondary N) is 5. The third-order valence-electron chi connectivity index (χ3n) is 7.04. The van der Waals surface area contributed by atoms with E-state index in [1.165, 1.54) is 6.08 Å². The van der Waals surface area contributed by atoms with E-state index in [2.05, 4.69) is 41.9 Å². The molecule has 3 aromatic rings. The van der Waals surface area contributed by atoms with Gasteiger partial charge in [0, 0.05) is 18.1 Å². The van der Waals surface area contributed by atoms with E-state index in [0.717, 1.165) is 17.2 Å². The standard InChI is InChI=1S/C32H40N8O9S/c1-20(2)28(31(45)34-23(14-15-50(3,47)48)16-25-37-39-40-38-25)35-32(46)29(22-12-8-5-9-13-22)36-30(44)24(17-26(41)42)33-18-27(43)49-19-21-10-6-4-7-11-21/h4-15,20,23-24,28-29,33H,16-19H2,1-3H3,(H,34,45)(H,35,46)(H,36,44)(H,41,42)(H,37,38,39,40)/b15-14+/t23-,24+,28+,29+/m1/s1. The Bertz CT molecular complexity index is 1720. The van der Waals surface area contributed by atoms with Gasteiger partial charge in [-0.1, -0.05) is 85.8 Å². The number of nitrogens with zero attached hydrogens (tertiary/aromatic N) is 3. The molecule has 0 saturated carbocycles. The first-order chi connectivity index (χ1) is 23.7. The second kappa shape index (κ2) is 18.9. The zero-order valence-corrected chi connectivity index (χ0v) is 28.4. The van der Waals surface area contributed by atoms with Gasteiger partial charge < -0.3 is 25.8 Å². The molecule has 0 spiro atoms. The summed E-state index contributed by atoms with van der Waals surface area (Å²) in [5.41, 5.74) is 1.06. The van der Waals surface area contributed by atoms with Crippen LogP contribution in [0.2, 0.25) is 0 Å². The van der Waals surface area contributed by atoms with Gasteiger partial charge in [-0.15, -0.1) is 10.2 Å². The maximum Gasteiger partial charge on any atom is 0.320 e. The van der Waals surface area contributed by atoms with Gasteiger partial charge in [-0.25, -0.2) is 8.42 Å². The van der Waals surface area contributed by atoms with E-state index in [4.69, 9.17) is 4.74 Å². The minimum absolute atomic E-state index is 0.0204. The van der Waals surface area contributed by atoms with Crippen molar-refractivity contribution in [2.75, 3.05) is 12.8 Å². The SMILES string of the molecule is CC(C)[C@H](NC(=O)[C@@H](NC(=O)[C@H](CC(=O)O)NCC(=O)OCc1ccccc1)c1ccccc1)C(=O)N[C@H](/C=C/S(C)(=O)=O)Cc1nn[nH]n1. The predicted octanol–water partition coefficient (Wildman–Crippen LogP) is -0.0401. The molecule has 0 aliphatic carbocycles. The summed E-state index contributed by atoms with van der Waals surface area (Å²) in [6.45, 7) is 2.83. The molecule has 3 amide bonds. The zero-order chi connectivity index (χ0) is 36.7. The summed E-state index contributed by atoms with van der Waals surface area (Å²) in [7, 11) is -3.55. The van der Waals surface area contributed by atoms with Gasteiger partial charge in [0.15, 0.2) is 15.7 Å². The molecule has 0 radical (unpaired) electrons. The summed E-state index contributed by atoms with van der Waals surface area (Å²) in [6, 6.07) is 12.0. The molecule has 1 heterocycles. The first-order valence-electron chi connectivity index (χ1n) is 15.4. The van der Waals surface area contributed by atoms with Crippen LogP contribution in [0.25, 0.3) is 0 Å². The number of H-pyrrole nitrogens is 1. The number of hydrogen-bond acceptors (Lipinski definition) is 12. The molecule has 1 aromatic heterocycles. The van der Waals surface area contributed by atoms with E-state index in [0.29, 0.717) is 5.56 Å². The highest BCUT2D eigenvalue weighted by Crippen LogP contribution is 2.16. The van der Waals surface area contributed by atoms with Crippen molar-refractivity contribution in [2.45, 2.75) is 57.5 Å². The lowest BCUT2D eigenvalue weighted by molar-refractivity contribution is -0.145. The lowest BCUT2D eigenvalue weighted by Gasteiger charge is -2.27. The molecule has 0 fully saturated rings. The van der Waals surface area contributed by atoms with Gasteiger partial charge in [0.1, 0.15) is 18.7 Å². The minimum Gasteiger partial charge on any atom is -0.481 e. The van der Waals surface area contributed by atoms with Crippen LogP contribution < -0.4 is 21.3 Å². The summed E-state index contributed by atoms with van der Waals surface area (Å²) in [5, 5.41) is 34.3. The van der Waals surface area contributed by atoms with Crippen molar-refractivity contribution in [1.82, 2.24) is 41.9 Å². The lowest BCUT2D eigenvalue weighted by atomic mass is 10.00. The number of carbonyl (C=O) groups excluding carboxylic acids is 4. The van der Waals surface area contributed by atoms with E-state index in [1.807, 2.05) is 0 Å². The number of benzene rings is 2. The number of hydrogen-bond donors (Lipinski definition) is 6. The average Bonchev–Trinajstić information content (AvgIpc) is 3.59. The molecule has 0 bridgehead atoms. The van der Waals surface area contributed by atoms with Crippen LogP contribution in [-0.2, 0) is 51.6 Å². The fraction of sp³-hybridized carbons (Fsp3) is 0.375. The van der Waals surface area contributed by atoms with Crippen LogP contribution >= 0.6 is 0 Å². The number of amides is 3. The molecule has 6 N–H and O–H groups in total. The van der Waals surface area contributed by atoms with Crippen molar-refractivity contribution in [3.63, 3.8) is 0 Å². The number of aliphatic carboxylic acids is 1. The van der Waals surface area contributed by atoms with Gasteiger partial charge in [0.05, 0.1) is 25.0 Å². The molecule has 50 heavy (non-hydrogen) atoms. The largest absolute Gasteiger partial charge is 0.481 e. The number of rotatable bonds is 19. The molecule has 268 valence electrons. The van der Waals surface area contributed by atoms with E-state index in [1.54, 1.807) is 74.5 Å². The summed E-state index contributed by atoms with van der Waals surface area (Å²) in [4.78, 5) is 64.7. The first kappa shape index (κ1) is 39.0. The zero-order valence-electron chi connectivity index (χ0n) is 27.6. The molecule has 17 nitrogen and oxygen atoms in total. The Morgan fingerprint density at radius 1 is 0.920 bits per heavy atom. The molecule has 0 aliphatic rings. The van der Waals surface area contributed by atoms with Crippen molar-refractivity contribution in [3.8, 4) is 0 Å². The lowest BCUT2D eigenvalue weighted by Crippen LogP contribution is -2.56. The Balaban J connectivity index is 1.76. The number of tetrazole rings is 1. The smallest absolute Gasteiger partial charge is 0.320 e. The van der Waals surface area contributed by atoms with Gasteiger partial charge in [-0.05, 0) is 17.0 Å². The summed E-state index contributed by atoms with van der Waals surface area (Å²) >= 11 is 0. The van der Waals surface area contributed by atoms with Crippen LogP contribution in [0.15, 0.2) is 72.1 Å². The van der Waals surface area contributed by atoms with Crippen LogP contribution in [0, 0.1) is 5.92 Å². The van der Waals surface area contributed by atoms with Crippen molar-refractivity contribution in [2.24, 2.45) is 5.92 Å². The Labute approximate surface area is 288 Å². The first-order valence-corrected chi connectivity index (χ1v) is 17.4. The van der Waals surface area contributed by atoms with Gasteiger partial charge >= 0.3 is 11.9 Å². The topological polar surface area (TPSA) is 252 Å². The van der Waals surface area contributed by atoms with Gasteiger partial charge in [-0.3, -0.25) is 29.3 Å². The molecule has 0 aliphatic heterocycles. The number of carboxylic acids is 1. The van der Waals surface area contributed by atoms with Crippen LogP contribution in [0.1, 0.15) is 43.3 Å². The molecular weight excluding hydrogens is 672 g/mol. The quantitative estimate of drug-likeness (QED) is 0.0894. The number of sulfone groups is 1. The number of carbonyl (C=O) groups is 5. The molecule has 4 atom stereocenters. The van der Waals surface area contributed by atoms with Crippen LogP contribution in [0.3, 0.4) is 0 Å². The van der Waals surface area contributed by atoms with Gasteiger partial charge in [0.25, 0.3) is 0 Å². The average molecular weight is 713 g/mol. The van der Waals surface area contributed by atoms with Crippen molar-refractivity contribution in [3.05, 3.63) is 89.1 Å². The number of esters is 1. The van der Waals surface area contributed by atoms with Gasteiger partial charge in [-0.2, -0.15) is 5.21 Å². The monoisotopic (exact) mass is 712 g/mol. The normalized spacial score (nSPS) is 13.9. The summed E-state index contributed by atoms with van der Waals surface area (Å²) < 4.78 is 28.7. The van der Waals surface area contributed by atoms with Crippen LogP contribution in [-0.4, -0.2) is 94.7 Å². The van der Waals surface area contributed by atoms with E-state index in [-0.39, 0.29) is 18.9 Å². The van der Waals surface area contributed by atoms with Crippen LogP contribution in [0.5, 0.6) is 0 Å². The Hall–Kier alpha value is -5.49. The van der Waals surface area contributed by atoms with E-state index < -0.39 is 82.5 Å². The van der Waals surface area contributed by atoms with Crippen LogP contribution in [0.4, 0.5) is 0 Å². The molecule has 0 saturated heterocycles. The van der Waals surface area contributed by atoms with Crippen molar-refractivity contribution < 1.29 is 42.2 Å². The minimum atomic E-state index is -3.55. The summed E-state index contributed by atoms with van der Waals surface area (Å²) in [6.07, 6.45) is 1.50. The fourth-order valence-corrected chi connectivity index (χ4v) is 5.01. The maximum absolute atomic E-state index is 13.8. The van der Waals surface area contributed by atoms with E-state index >= 15 is 0 Å². The number of carboxylic acid groups (broad SMARTS) is 1. The number of ether oxygens (including phenoxy) is 1. The highest BCUT2D eigenvalue weighted by atomic mass is 32.2. The Morgan fingerprint density at radius 2 is 1.58 bits per heavy atom. The molecule has 3 rings (SSSR count). The third kappa shape index (κ3) is 13.6. The summed E-state index contributed by atoms with van der Waals surface area (Å²) in [5.74, 6) is -4.73. The van der Waals surface area contributed by atoms with Gasteiger partial charge in [0.2, 0.25) is 17.7 Å². The third-order valence-corrected chi connectivity index (χ3v) is 7.69. The highest BCUT2D eigenvalue weighted by molar-refractivity contribution is 7.93. The predicted molar refractivity (Wildman–Crippen MR) is 178 cm³/mol.